The smallest absolute Gasteiger partial charge is 0.117 e. The minimum atomic E-state index is -0.126. The van der Waals surface area contributed by atoms with Crippen molar-refractivity contribution in [3.63, 3.8) is 0 Å². The highest BCUT2D eigenvalue weighted by atomic mass is 35.5. The third-order valence-corrected chi connectivity index (χ3v) is 6.38. The molecule has 0 spiro atoms. The SMILES string of the molecule is C=C(Nc1ccccc1)c1cc(NC(=C)C2C(Cl)C2c2cc(O)cc(Cl)c2)ccc1Cl. The van der Waals surface area contributed by atoms with Crippen LogP contribution in [0, 0.1) is 5.92 Å². The molecule has 0 saturated heterocycles. The number of benzene rings is 3. The second-order valence-corrected chi connectivity index (χ2v) is 8.90. The maximum absolute atomic E-state index is 9.84. The molecule has 0 bridgehead atoms. The topological polar surface area (TPSA) is 44.3 Å². The Morgan fingerprint density at radius 1 is 0.871 bits per heavy atom. The fourth-order valence-corrected chi connectivity index (χ4v) is 4.73. The normalized spacial score (nSPS) is 19.5. The molecule has 31 heavy (non-hydrogen) atoms. The van der Waals surface area contributed by atoms with Crippen LogP contribution in [-0.4, -0.2) is 10.5 Å². The molecule has 3 atom stereocenters. The zero-order chi connectivity index (χ0) is 22.1. The monoisotopic (exact) mass is 470 g/mol. The van der Waals surface area contributed by atoms with Crippen molar-refractivity contribution in [3.05, 3.63) is 107 Å². The summed E-state index contributed by atoms with van der Waals surface area (Å²) in [5, 5.41) is 17.4. The van der Waals surface area contributed by atoms with Gasteiger partial charge in [-0.25, -0.2) is 0 Å². The van der Waals surface area contributed by atoms with Crippen LogP contribution < -0.4 is 10.6 Å². The van der Waals surface area contributed by atoms with Crippen LogP contribution in [0.3, 0.4) is 0 Å². The van der Waals surface area contributed by atoms with Gasteiger partial charge in [0.2, 0.25) is 0 Å². The Hall–Kier alpha value is -2.59. The van der Waals surface area contributed by atoms with Gasteiger partial charge in [0.25, 0.3) is 0 Å². The lowest BCUT2D eigenvalue weighted by atomic mass is 10.1. The van der Waals surface area contributed by atoms with Crippen molar-refractivity contribution < 1.29 is 5.11 Å². The quantitative estimate of drug-likeness (QED) is 0.309. The number of alkyl halides is 1. The van der Waals surface area contributed by atoms with Crippen molar-refractivity contribution in [1.29, 1.82) is 0 Å². The molecule has 0 aromatic heterocycles. The number of hydrogen-bond donors (Lipinski definition) is 3. The summed E-state index contributed by atoms with van der Waals surface area (Å²) in [5.74, 6) is 0.180. The van der Waals surface area contributed by atoms with Gasteiger partial charge in [-0.05, 0) is 54.1 Å². The molecule has 0 heterocycles. The number of hydrogen-bond acceptors (Lipinski definition) is 3. The van der Waals surface area contributed by atoms with E-state index in [1.54, 1.807) is 6.07 Å². The van der Waals surface area contributed by atoms with Crippen LogP contribution in [-0.2, 0) is 0 Å². The number of para-hydroxylation sites is 1. The standard InChI is InChI=1S/C25H21Cl3N2O/c1-14(29-18-6-4-3-5-7-18)21-13-19(8-9-22(21)27)30-15(2)23-24(25(23)28)16-10-17(26)12-20(31)11-16/h3-13,23-25,29-31H,1-2H2. The molecule has 0 radical (unpaired) electrons. The Labute approximate surface area is 197 Å². The van der Waals surface area contributed by atoms with E-state index < -0.39 is 0 Å². The molecule has 158 valence electrons. The largest absolute Gasteiger partial charge is 0.508 e. The lowest BCUT2D eigenvalue weighted by Gasteiger charge is -2.15. The van der Waals surface area contributed by atoms with Crippen molar-refractivity contribution in [2.45, 2.75) is 11.3 Å². The second kappa shape index (κ2) is 8.88. The summed E-state index contributed by atoms with van der Waals surface area (Å²) in [4.78, 5) is 0. The van der Waals surface area contributed by atoms with Crippen molar-refractivity contribution in [3.8, 4) is 5.75 Å². The van der Waals surface area contributed by atoms with Crippen LogP contribution in [0.1, 0.15) is 17.0 Å². The third-order valence-electron chi connectivity index (χ3n) is 5.29. The number of nitrogens with one attached hydrogen (secondary N) is 2. The first kappa shape index (κ1) is 21.6. The van der Waals surface area contributed by atoms with E-state index in [-0.39, 0.29) is 23.0 Å². The van der Waals surface area contributed by atoms with Gasteiger partial charge in [0, 0.05) is 45.2 Å². The number of aromatic hydroxyl groups is 1. The van der Waals surface area contributed by atoms with Crippen molar-refractivity contribution in [1.82, 2.24) is 0 Å². The molecule has 1 saturated carbocycles. The zero-order valence-corrected chi connectivity index (χ0v) is 18.8. The van der Waals surface area contributed by atoms with Gasteiger partial charge in [-0.3, -0.25) is 0 Å². The molecule has 1 aliphatic rings. The first-order valence-corrected chi connectivity index (χ1v) is 10.9. The van der Waals surface area contributed by atoms with Gasteiger partial charge in [0.1, 0.15) is 5.75 Å². The summed E-state index contributed by atoms with van der Waals surface area (Å²) >= 11 is 19.0. The van der Waals surface area contributed by atoms with Gasteiger partial charge >= 0.3 is 0 Å². The van der Waals surface area contributed by atoms with E-state index in [0.29, 0.717) is 15.7 Å². The van der Waals surface area contributed by atoms with Crippen molar-refractivity contribution >= 4 is 51.9 Å². The molecule has 1 aliphatic carbocycles. The van der Waals surface area contributed by atoms with E-state index >= 15 is 0 Å². The summed E-state index contributed by atoms with van der Waals surface area (Å²) in [7, 11) is 0. The van der Waals surface area contributed by atoms with Crippen LogP contribution in [0.2, 0.25) is 10.0 Å². The minimum Gasteiger partial charge on any atom is -0.508 e. The second-order valence-electron chi connectivity index (χ2n) is 7.55. The summed E-state index contributed by atoms with van der Waals surface area (Å²) in [6, 6.07) is 20.4. The summed E-state index contributed by atoms with van der Waals surface area (Å²) < 4.78 is 0. The number of phenols is 1. The van der Waals surface area contributed by atoms with Gasteiger partial charge in [0.05, 0.1) is 10.4 Å². The molecule has 1 fully saturated rings. The Morgan fingerprint density at radius 3 is 2.32 bits per heavy atom. The third kappa shape index (κ3) is 4.85. The van der Waals surface area contributed by atoms with E-state index in [2.05, 4.69) is 23.8 Å². The lowest BCUT2D eigenvalue weighted by Crippen LogP contribution is -2.04. The van der Waals surface area contributed by atoms with E-state index in [0.717, 1.165) is 28.2 Å². The molecular weight excluding hydrogens is 451 g/mol. The van der Waals surface area contributed by atoms with Crippen LogP contribution >= 0.6 is 34.8 Å². The Morgan fingerprint density at radius 2 is 1.61 bits per heavy atom. The summed E-state index contributed by atoms with van der Waals surface area (Å²) in [6.45, 7) is 8.31. The molecular formula is C25H21Cl3N2O. The van der Waals surface area contributed by atoms with Gasteiger partial charge in [0.15, 0.2) is 0 Å². The van der Waals surface area contributed by atoms with Gasteiger partial charge in [-0.15, -0.1) is 11.6 Å². The fraction of sp³-hybridized carbons (Fsp3) is 0.120. The van der Waals surface area contributed by atoms with Crippen LogP contribution in [0.25, 0.3) is 5.70 Å². The number of halogens is 3. The molecule has 0 aliphatic heterocycles. The highest BCUT2D eigenvalue weighted by Crippen LogP contribution is 2.56. The lowest BCUT2D eigenvalue weighted by molar-refractivity contribution is 0.474. The number of rotatable bonds is 7. The van der Waals surface area contributed by atoms with Crippen LogP contribution in [0.4, 0.5) is 11.4 Å². The zero-order valence-electron chi connectivity index (χ0n) is 16.6. The number of anilines is 2. The molecule has 3 aromatic rings. The van der Waals surface area contributed by atoms with E-state index in [4.69, 9.17) is 34.8 Å². The first-order chi connectivity index (χ1) is 14.8. The Bertz CT molecular complexity index is 1130. The minimum absolute atomic E-state index is 0.0179. The van der Waals surface area contributed by atoms with E-state index in [1.165, 1.54) is 6.07 Å². The predicted octanol–water partition coefficient (Wildman–Crippen LogP) is 7.73. The number of allylic oxidation sites excluding steroid dienone is 1. The highest BCUT2D eigenvalue weighted by molar-refractivity contribution is 6.32. The molecule has 6 heteroatoms. The fourth-order valence-electron chi connectivity index (χ4n) is 3.73. The van der Waals surface area contributed by atoms with Gasteiger partial charge in [-0.1, -0.05) is 54.6 Å². The molecule has 3 nitrogen and oxygen atoms in total. The molecule has 0 amide bonds. The maximum Gasteiger partial charge on any atom is 0.117 e. The summed E-state index contributed by atoms with van der Waals surface area (Å²) in [6.07, 6.45) is 0. The highest BCUT2D eigenvalue weighted by Gasteiger charge is 2.51. The van der Waals surface area contributed by atoms with Gasteiger partial charge in [-0.2, -0.15) is 0 Å². The Balaban J connectivity index is 1.47. The molecule has 3 N–H and O–H groups in total. The average molecular weight is 472 g/mol. The van der Waals surface area contributed by atoms with E-state index in [9.17, 15) is 5.11 Å². The molecule has 3 aromatic carbocycles. The summed E-state index contributed by atoms with van der Waals surface area (Å²) in [5.41, 5.74) is 4.94. The maximum atomic E-state index is 9.84. The average Bonchev–Trinajstić information content (AvgIpc) is 3.40. The van der Waals surface area contributed by atoms with Crippen LogP contribution in [0.5, 0.6) is 5.75 Å². The predicted molar refractivity (Wildman–Crippen MR) is 132 cm³/mol. The number of phenolic OH excluding ortho intramolecular Hbond substituents is 1. The van der Waals surface area contributed by atoms with E-state index in [1.807, 2.05) is 54.6 Å². The molecule has 3 unspecified atom stereocenters. The first-order valence-electron chi connectivity index (χ1n) is 9.74. The van der Waals surface area contributed by atoms with Gasteiger partial charge < -0.3 is 15.7 Å². The Kier molecular flexibility index (Phi) is 6.19. The molecule has 4 rings (SSSR count). The van der Waals surface area contributed by atoms with Crippen LogP contribution in [0.15, 0.2) is 85.6 Å². The van der Waals surface area contributed by atoms with Crippen molar-refractivity contribution in [2.24, 2.45) is 5.92 Å². The van der Waals surface area contributed by atoms with Crippen molar-refractivity contribution in [2.75, 3.05) is 10.6 Å².